The van der Waals surface area contributed by atoms with E-state index in [0.29, 0.717) is 22.8 Å². The molecule has 41 heavy (non-hydrogen) atoms. The Morgan fingerprint density at radius 1 is 1.05 bits per heavy atom. The topological polar surface area (TPSA) is 109 Å². The highest BCUT2D eigenvalue weighted by molar-refractivity contribution is 7.92. The number of halogens is 1. The Morgan fingerprint density at radius 2 is 1.88 bits per heavy atom. The lowest BCUT2D eigenvalue weighted by Gasteiger charge is -2.26. The van der Waals surface area contributed by atoms with E-state index in [9.17, 15) is 8.42 Å². The fourth-order valence-corrected chi connectivity index (χ4v) is 6.78. The van der Waals surface area contributed by atoms with Crippen LogP contribution in [0.2, 0.25) is 0 Å². The van der Waals surface area contributed by atoms with Crippen LogP contribution in [-0.4, -0.2) is 48.5 Å². The second-order valence-electron chi connectivity index (χ2n) is 9.83. The number of methoxy groups -OCH3 is 2. The Labute approximate surface area is 238 Å². The first kappa shape index (κ1) is 28.3. The molecule has 0 radical (unpaired) electrons. The third kappa shape index (κ3) is 5.56. The molecule has 216 valence electrons. The van der Waals surface area contributed by atoms with Crippen molar-refractivity contribution in [1.29, 1.82) is 0 Å². The summed E-state index contributed by atoms with van der Waals surface area (Å²) >= 11 is 0. The first-order valence-corrected chi connectivity index (χ1v) is 14.6. The average Bonchev–Trinajstić information content (AvgIpc) is 3.62. The molecule has 2 aromatic heterocycles. The summed E-state index contributed by atoms with van der Waals surface area (Å²) in [7, 11) is 0.464. The molecule has 0 bridgehead atoms. The van der Waals surface area contributed by atoms with Gasteiger partial charge in [0, 0.05) is 54.3 Å². The summed E-state index contributed by atoms with van der Waals surface area (Å²) in [6.07, 6.45) is 6.95. The lowest BCUT2D eigenvalue weighted by atomic mass is 10.0. The van der Waals surface area contributed by atoms with Gasteiger partial charge in [0.2, 0.25) is 0 Å². The van der Waals surface area contributed by atoms with Crippen molar-refractivity contribution < 1.29 is 27.0 Å². The summed E-state index contributed by atoms with van der Waals surface area (Å²) in [4.78, 5) is 7.56. The van der Waals surface area contributed by atoms with Crippen molar-refractivity contribution >= 4 is 15.8 Å². The molecule has 1 aliphatic carbocycles. The summed E-state index contributed by atoms with van der Waals surface area (Å²) in [5.74, 6) is 0.594. The third-order valence-corrected chi connectivity index (χ3v) is 9.24. The maximum atomic E-state index is 16.0. The first-order valence-electron chi connectivity index (χ1n) is 13.2. The van der Waals surface area contributed by atoms with Gasteiger partial charge in [-0.3, -0.25) is 4.68 Å². The fourth-order valence-electron chi connectivity index (χ4n) is 5.26. The molecular formula is C29H32FN5O5S. The molecule has 0 unspecified atom stereocenters. The highest BCUT2D eigenvalue weighted by Gasteiger charge is 2.35. The van der Waals surface area contributed by atoms with Gasteiger partial charge in [-0.2, -0.15) is 5.10 Å². The molecule has 2 atom stereocenters. The summed E-state index contributed by atoms with van der Waals surface area (Å²) in [6, 6.07) is 11.2. The van der Waals surface area contributed by atoms with Crippen molar-refractivity contribution in [2.24, 2.45) is 7.05 Å². The molecule has 0 amide bonds. The molecule has 1 aliphatic rings. The lowest BCUT2D eigenvalue weighted by molar-refractivity contribution is 0.184. The molecule has 5 rings (SSSR count). The number of hydrogen-bond acceptors (Lipinski definition) is 8. The van der Waals surface area contributed by atoms with Crippen LogP contribution in [0, 0.1) is 12.7 Å². The highest BCUT2D eigenvalue weighted by atomic mass is 32.2. The molecule has 0 spiro atoms. The van der Waals surface area contributed by atoms with Crippen LogP contribution in [-0.2, 0) is 23.6 Å². The standard InChI is InChI=1S/C29H32FN5O5S/c1-19-24(40-25-7-5-6-22(25)23-12-15-33-34(23)2)10-11-27(29(19)30)41(36,37)35(28-13-14-31-18-32-28)17-20-8-9-21(38-3)16-26(20)39-4/h8-16,18,22,25H,5-7,17H2,1-4H3/t22-,25+/m1/s1. The number of rotatable bonds is 10. The number of anilines is 1. The average molecular weight is 582 g/mol. The van der Waals surface area contributed by atoms with E-state index >= 15 is 4.39 Å². The number of benzene rings is 2. The molecule has 4 aromatic rings. The van der Waals surface area contributed by atoms with E-state index < -0.39 is 20.7 Å². The minimum atomic E-state index is -4.43. The zero-order chi connectivity index (χ0) is 29.1. The van der Waals surface area contributed by atoms with E-state index in [1.54, 1.807) is 24.4 Å². The number of aryl methyl sites for hydroxylation is 1. The summed E-state index contributed by atoms with van der Waals surface area (Å²) in [5, 5.41) is 4.27. The van der Waals surface area contributed by atoms with Crippen LogP contribution in [0.25, 0.3) is 0 Å². The summed E-state index contributed by atoms with van der Waals surface area (Å²) < 4.78 is 63.9. The van der Waals surface area contributed by atoms with Gasteiger partial charge >= 0.3 is 0 Å². The normalized spacial score (nSPS) is 16.9. The lowest BCUT2D eigenvalue weighted by Crippen LogP contribution is -2.32. The molecule has 0 N–H and O–H groups in total. The van der Waals surface area contributed by atoms with Gasteiger partial charge in [-0.15, -0.1) is 0 Å². The van der Waals surface area contributed by atoms with Gasteiger partial charge in [0.05, 0.1) is 20.8 Å². The smallest absolute Gasteiger partial charge is 0.268 e. The van der Waals surface area contributed by atoms with Crippen LogP contribution in [0.5, 0.6) is 17.2 Å². The van der Waals surface area contributed by atoms with Gasteiger partial charge in [0.25, 0.3) is 10.0 Å². The van der Waals surface area contributed by atoms with Crippen LogP contribution in [0.4, 0.5) is 10.2 Å². The van der Waals surface area contributed by atoms with E-state index in [2.05, 4.69) is 15.1 Å². The predicted octanol–water partition coefficient (Wildman–Crippen LogP) is 4.79. The van der Waals surface area contributed by atoms with Crippen LogP contribution >= 0.6 is 0 Å². The van der Waals surface area contributed by atoms with Crippen molar-refractivity contribution in [3.05, 3.63) is 83.8 Å². The van der Waals surface area contributed by atoms with E-state index in [0.717, 1.165) is 29.3 Å². The maximum absolute atomic E-state index is 16.0. The number of aromatic nitrogens is 4. The van der Waals surface area contributed by atoms with Gasteiger partial charge < -0.3 is 14.2 Å². The van der Waals surface area contributed by atoms with Crippen molar-refractivity contribution in [2.45, 2.75) is 49.6 Å². The molecule has 2 aromatic carbocycles. The quantitative estimate of drug-likeness (QED) is 0.263. The predicted molar refractivity (Wildman–Crippen MR) is 150 cm³/mol. The number of hydrogen-bond donors (Lipinski definition) is 0. The molecular weight excluding hydrogens is 549 g/mol. The van der Waals surface area contributed by atoms with Gasteiger partial charge in [-0.05, 0) is 56.5 Å². The Bertz CT molecular complexity index is 1630. The van der Waals surface area contributed by atoms with Gasteiger partial charge in [0.15, 0.2) is 0 Å². The van der Waals surface area contributed by atoms with Gasteiger partial charge in [-0.1, -0.05) is 0 Å². The molecule has 0 saturated heterocycles. The second-order valence-corrected chi connectivity index (χ2v) is 11.7. The minimum absolute atomic E-state index is 0.0835. The fraction of sp³-hybridized carbons (Fsp3) is 0.345. The van der Waals surface area contributed by atoms with E-state index in [1.807, 2.05) is 17.8 Å². The summed E-state index contributed by atoms with van der Waals surface area (Å²) in [5.41, 5.74) is 1.71. The Kier molecular flexibility index (Phi) is 8.11. The first-order chi connectivity index (χ1) is 19.7. The minimum Gasteiger partial charge on any atom is -0.497 e. The van der Waals surface area contributed by atoms with Gasteiger partial charge in [0.1, 0.15) is 46.2 Å². The molecule has 12 heteroatoms. The van der Waals surface area contributed by atoms with Crippen molar-refractivity contribution in [3.63, 3.8) is 0 Å². The van der Waals surface area contributed by atoms with Crippen molar-refractivity contribution in [1.82, 2.24) is 19.7 Å². The zero-order valence-corrected chi connectivity index (χ0v) is 24.1. The second kappa shape index (κ2) is 11.7. The SMILES string of the molecule is COc1ccc(CN(c2ccncn2)S(=O)(=O)c2ccc(O[C@H]3CCC[C@@H]3c3ccnn3C)c(C)c2F)c(OC)c1. The van der Waals surface area contributed by atoms with E-state index in [1.165, 1.54) is 51.9 Å². The summed E-state index contributed by atoms with van der Waals surface area (Å²) in [6.45, 7) is 1.36. The van der Waals surface area contributed by atoms with Gasteiger partial charge in [-0.25, -0.2) is 27.1 Å². The van der Waals surface area contributed by atoms with Crippen molar-refractivity contribution in [3.8, 4) is 17.2 Å². The maximum Gasteiger partial charge on any atom is 0.268 e. The Morgan fingerprint density at radius 3 is 2.56 bits per heavy atom. The number of ether oxygens (including phenoxy) is 3. The third-order valence-electron chi connectivity index (χ3n) is 7.47. The molecule has 0 aliphatic heterocycles. The zero-order valence-electron chi connectivity index (χ0n) is 23.3. The van der Waals surface area contributed by atoms with Crippen LogP contribution < -0.4 is 18.5 Å². The molecule has 1 saturated carbocycles. The molecule has 1 fully saturated rings. The number of sulfonamides is 1. The van der Waals surface area contributed by atoms with E-state index in [-0.39, 0.29) is 29.9 Å². The highest BCUT2D eigenvalue weighted by Crippen LogP contribution is 2.39. The Balaban J connectivity index is 1.49. The van der Waals surface area contributed by atoms with Crippen molar-refractivity contribution in [2.75, 3.05) is 18.5 Å². The molecule has 2 heterocycles. The van der Waals surface area contributed by atoms with E-state index in [4.69, 9.17) is 14.2 Å². The van der Waals surface area contributed by atoms with Crippen LogP contribution in [0.15, 0.2) is 66.1 Å². The monoisotopic (exact) mass is 581 g/mol. The Hall–Kier alpha value is -4.19. The number of nitrogens with zero attached hydrogens (tertiary/aromatic N) is 5. The largest absolute Gasteiger partial charge is 0.497 e. The molecule has 10 nitrogen and oxygen atoms in total. The van der Waals surface area contributed by atoms with Crippen LogP contribution in [0.1, 0.15) is 42.0 Å². The van der Waals surface area contributed by atoms with Crippen LogP contribution in [0.3, 0.4) is 0 Å².